The van der Waals surface area contributed by atoms with Crippen LogP contribution in [0.4, 0.5) is 0 Å². The van der Waals surface area contributed by atoms with E-state index < -0.39 is 0 Å². The van der Waals surface area contributed by atoms with Gasteiger partial charge in [-0.1, -0.05) is 18.4 Å². The van der Waals surface area contributed by atoms with Gasteiger partial charge in [0.05, 0.1) is 0 Å². The first-order chi connectivity index (χ1) is 6.25. The Labute approximate surface area is 81.8 Å². The molecule has 1 heteroatoms. The van der Waals surface area contributed by atoms with E-state index in [-0.39, 0.29) is 0 Å². The second-order valence-corrected chi connectivity index (χ2v) is 4.96. The number of nitrogens with zero attached hydrogens (tertiary/aromatic N) is 1. The smallest absolute Gasteiger partial charge is 0.0204 e. The number of hydrogen-bond donors (Lipinski definition) is 0. The van der Waals surface area contributed by atoms with Crippen LogP contribution in [0.2, 0.25) is 0 Å². The zero-order valence-corrected chi connectivity index (χ0v) is 8.92. The molecule has 1 saturated carbocycles. The van der Waals surface area contributed by atoms with Crippen LogP contribution in [-0.4, -0.2) is 18.0 Å². The first kappa shape index (κ1) is 9.11. The van der Waals surface area contributed by atoms with Crippen LogP contribution in [0.25, 0.3) is 0 Å². The molecule has 74 valence electrons. The van der Waals surface area contributed by atoms with E-state index in [1.807, 2.05) is 0 Å². The molecule has 1 aliphatic carbocycles. The third kappa shape index (κ3) is 2.07. The van der Waals surface area contributed by atoms with Crippen molar-refractivity contribution < 1.29 is 0 Å². The number of rotatable bonds is 1. The van der Waals surface area contributed by atoms with Crippen molar-refractivity contribution in [2.45, 2.75) is 39.5 Å². The summed E-state index contributed by atoms with van der Waals surface area (Å²) < 4.78 is 0. The monoisotopic (exact) mass is 179 g/mol. The summed E-state index contributed by atoms with van der Waals surface area (Å²) in [4.78, 5) is 2.54. The molecule has 2 atom stereocenters. The Bertz CT molecular complexity index is 189. The normalized spacial score (nSPS) is 32.9. The van der Waals surface area contributed by atoms with E-state index >= 15 is 0 Å². The van der Waals surface area contributed by atoms with Gasteiger partial charge in [0, 0.05) is 13.1 Å². The van der Waals surface area contributed by atoms with Crippen LogP contribution in [0.5, 0.6) is 0 Å². The Morgan fingerprint density at radius 3 is 2.08 bits per heavy atom. The van der Waals surface area contributed by atoms with Crippen LogP contribution in [0, 0.1) is 11.8 Å². The van der Waals surface area contributed by atoms with Gasteiger partial charge in [-0.3, -0.25) is 0 Å². The molecule has 2 rings (SSSR count). The molecule has 0 aromatic heterocycles. The van der Waals surface area contributed by atoms with E-state index in [2.05, 4.69) is 24.9 Å². The zero-order chi connectivity index (χ0) is 9.26. The third-order valence-corrected chi connectivity index (χ3v) is 3.45. The topological polar surface area (TPSA) is 3.24 Å². The van der Waals surface area contributed by atoms with Crippen molar-refractivity contribution in [3.63, 3.8) is 0 Å². The Hall–Kier alpha value is -0.460. The van der Waals surface area contributed by atoms with E-state index in [0.717, 1.165) is 11.8 Å². The van der Waals surface area contributed by atoms with Crippen molar-refractivity contribution in [1.82, 2.24) is 4.90 Å². The lowest BCUT2D eigenvalue weighted by Crippen LogP contribution is -2.16. The average molecular weight is 179 g/mol. The van der Waals surface area contributed by atoms with Gasteiger partial charge in [-0.05, 0) is 44.7 Å². The lowest BCUT2D eigenvalue weighted by Gasteiger charge is -2.22. The fourth-order valence-corrected chi connectivity index (χ4v) is 2.91. The quantitative estimate of drug-likeness (QED) is 0.598. The van der Waals surface area contributed by atoms with Crippen LogP contribution >= 0.6 is 0 Å². The highest BCUT2D eigenvalue weighted by atomic mass is 15.1. The lowest BCUT2D eigenvalue weighted by molar-refractivity contribution is 0.299. The molecule has 0 aromatic rings. The standard InChI is InChI=1S/C12H21N/c1-10(2)7-13-8-11-5-3-4-6-12(11)9-13/h7,11-12H,3-6,8-9H2,1-2H3. The zero-order valence-electron chi connectivity index (χ0n) is 8.92. The maximum Gasteiger partial charge on any atom is 0.0204 e. The van der Waals surface area contributed by atoms with Crippen molar-refractivity contribution in [3.05, 3.63) is 11.8 Å². The lowest BCUT2D eigenvalue weighted by atomic mass is 9.82. The van der Waals surface area contributed by atoms with E-state index in [4.69, 9.17) is 0 Å². The van der Waals surface area contributed by atoms with Crippen molar-refractivity contribution in [2.24, 2.45) is 11.8 Å². The predicted octanol–water partition coefficient (Wildman–Crippen LogP) is 3.03. The molecule has 0 spiro atoms. The van der Waals surface area contributed by atoms with Gasteiger partial charge in [0.15, 0.2) is 0 Å². The SMILES string of the molecule is CC(C)=CN1CC2CCCCC2C1. The summed E-state index contributed by atoms with van der Waals surface area (Å²) in [7, 11) is 0. The summed E-state index contributed by atoms with van der Waals surface area (Å²) in [5.74, 6) is 2.04. The van der Waals surface area contributed by atoms with E-state index in [9.17, 15) is 0 Å². The van der Waals surface area contributed by atoms with Crippen molar-refractivity contribution in [1.29, 1.82) is 0 Å². The summed E-state index contributed by atoms with van der Waals surface area (Å²) in [6, 6.07) is 0. The molecular formula is C12H21N. The fraction of sp³-hybridized carbons (Fsp3) is 0.833. The summed E-state index contributed by atoms with van der Waals surface area (Å²) in [6.45, 7) is 7.05. The van der Waals surface area contributed by atoms with Gasteiger partial charge >= 0.3 is 0 Å². The molecule has 2 aliphatic rings. The minimum absolute atomic E-state index is 1.02. The molecule has 1 nitrogen and oxygen atoms in total. The number of hydrogen-bond acceptors (Lipinski definition) is 1. The van der Waals surface area contributed by atoms with Crippen molar-refractivity contribution >= 4 is 0 Å². The molecule has 2 fully saturated rings. The summed E-state index contributed by atoms with van der Waals surface area (Å²) >= 11 is 0. The highest BCUT2D eigenvalue weighted by molar-refractivity contribution is 4.98. The molecule has 1 heterocycles. The maximum atomic E-state index is 2.54. The fourth-order valence-electron chi connectivity index (χ4n) is 2.91. The molecule has 0 bridgehead atoms. The van der Waals surface area contributed by atoms with Crippen molar-refractivity contribution in [3.8, 4) is 0 Å². The van der Waals surface area contributed by atoms with Gasteiger partial charge in [-0.2, -0.15) is 0 Å². The van der Waals surface area contributed by atoms with Crippen LogP contribution in [0.15, 0.2) is 11.8 Å². The highest BCUT2D eigenvalue weighted by Gasteiger charge is 2.32. The predicted molar refractivity (Wildman–Crippen MR) is 56.5 cm³/mol. The Morgan fingerprint density at radius 2 is 1.62 bits per heavy atom. The molecule has 0 amide bonds. The Kier molecular flexibility index (Phi) is 2.61. The van der Waals surface area contributed by atoms with Crippen LogP contribution < -0.4 is 0 Å². The molecule has 1 saturated heterocycles. The number of allylic oxidation sites excluding steroid dienone is 1. The van der Waals surface area contributed by atoms with E-state index in [1.165, 1.54) is 44.3 Å². The minimum Gasteiger partial charge on any atom is -0.377 e. The first-order valence-corrected chi connectivity index (χ1v) is 5.65. The van der Waals surface area contributed by atoms with Crippen molar-refractivity contribution in [2.75, 3.05) is 13.1 Å². The highest BCUT2D eigenvalue weighted by Crippen LogP contribution is 2.36. The number of likely N-dealkylation sites (tertiary alicyclic amines) is 1. The van der Waals surface area contributed by atoms with Crippen LogP contribution in [0.1, 0.15) is 39.5 Å². The van der Waals surface area contributed by atoms with Gasteiger partial charge < -0.3 is 4.90 Å². The Balaban J connectivity index is 1.95. The molecule has 0 aromatic carbocycles. The van der Waals surface area contributed by atoms with Gasteiger partial charge in [0.25, 0.3) is 0 Å². The second kappa shape index (κ2) is 3.73. The average Bonchev–Trinajstić information content (AvgIpc) is 2.44. The largest absolute Gasteiger partial charge is 0.377 e. The molecule has 2 unspecified atom stereocenters. The maximum absolute atomic E-state index is 2.54. The minimum atomic E-state index is 1.02. The summed E-state index contributed by atoms with van der Waals surface area (Å²) in [6.07, 6.45) is 8.27. The van der Waals surface area contributed by atoms with Gasteiger partial charge in [-0.25, -0.2) is 0 Å². The molecule has 0 N–H and O–H groups in total. The van der Waals surface area contributed by atoms with Crippen LogP contribution in [0.3, 0.4) is 0 Å². The van der Waals surface area contributed by atoms with Gasteiger partial charge in [0.1, 0.15) is 0 Å². The number of fused-ring (bicyclic) bond motifs is 1. The Morgan fingerprint density at radius 1 is 1.08 bits per heavy atom. The first-order valence-electron chi connectivity index (χ1n) is 5.65. The molecular weight excluding hydrogens is 158 g/mol. The summed E-state index contributed by atoms with van der Waals surface area (Å²) in [5, 5.41) is 0. The van der Waals surface area contributed by atoms with E-state index in [1.54, 1.807) is 0 Å². The van der Waals surface area contributed by atoms with Crippen LogP contribution in [-0.2, 0) is 0 Å². The molecule has 1 aliphatic heterocycles. The summed E-state index contributed by atoms with van der Waals surface area (Å²) in [5.41, 5.74) is 1.44. The third-order valence-electron chi connectivity index (χ3n) is 3.45. The van der Waals surface area contributed by atoms with Gasteiger partial charge in [-0.15, -0.1) is 0 Å². The molecule has 0 radical (unpaired) electrons. The second-order valence-electron chi connectivity index (χ2n) is 4.96. The van der Waals surface area contributed by atoms with Gasteiger partial charge in [0.2, 0.25) is 0 Å². The van der Waals surface area contributed by atoms with E-state index in [0.29, 0.717) is 0 Å². The molecule has 13 heavy (non-hydrogen) atoms.